The predicted molar refractivity (Wildman–Crippen MR) is 85.8 cm³/mol. The Labute approximate surface area is 129 Å². The van der Waals surface area contributed by atoms with Gasteiger partial charge in [0.25, 0.3) is 0 Å². The van der Waals surface area contributed by atoms with Crippen molar-refractivity contribution in [2.24, 2.45) is 0 Å². The molecule has 0 saturated carbocycles. The Morgan fingerprint density at radius 3 is 2.10 bits per heavy atom. The van der Waals surface area contributed by atoms with Crippen LogP contribution in [-0.2, 0) is 9.84 Å². The summed E-state index contributed by atoms with van der Waals surface area (Å²) >= 11 is 1.28. The molecule has 0 radical (unpaired) electrons. The fraction of sp³-hybridized carbons (Fsp3) is 0.312. The molecule has 0 aliphatic rings. The van der Waals surface area contributed by atoms with Crippen molar-refractivity contribution >= 4 is 27.0 Å². The first-order valence-corrected chi connectivity index (χ1v) is 8.94. The molecule has 1 aromatic carbocycles. The van der Waals surface area contributed by atoms with E-state index in [9.17, 15) is 13.2 Å². The van der Waals surface area contributed by atoms with Crippen molar-refractivity contribution in [2.75, 3.05) is 0 Å². The largest absolute Gasteiger partial charge is 0.291 e. The Kier molecular flexibility index (Phi) is 4.08. The standard InChI is InChI=1S/C16H18O3S2/c1-11-5-7-13(8-6-11)21(18,19)16(3,4)15(17)14-9-12(2)10-20-14/h5-10H,1-4H3. The number of benzene rings is 1. The highest BCUT2D eigenvalue weighted by molar-refractivity contribution is 7.93. The number of hydrogen-bond acceptors (Lipinski definition) is 4. The first kappa shape index (κ1) is 15.9. The van der Waals surface area contributed by atoms with Crippen LogP contribution in [0.15, 0.2) is 40.6 Å². The molecule has 3 nitrogen and oxygen atoms in total. The second-order valence-corrected chi connectivity index (χ2v) is 9.05. The third-order valence-corrected chi connectivity index (χ3v) is 6.97. The molecule has 0 aliphatic carbocycles. The molecule has 0 N–H and O–H groups in total. The molecule has 1 aromatic heterocycles. The Hall–Kier alpha value is -1.46. The molecular weight excluding hydrogens is 304 g/mol. The maximum Gasteiger partial charge on any atom is 0.193 e. The van der Waals surface area contributed by atoms with Crippen LogP contribution in [-0.4, -0.2) is 18.9 Å². The minimum Gasteiger partial charge on any atom is -0.291 e. The lowest BCUT2D eigenvalue weighted by Gasteiger charge is -2.23. The molecule has 2 aromatic rings. The van der Waals surface area contributed by atoms with Gasteiger partial charge in [-0.15, -0.1) is 11.3 Å². The first-order chi connectivity index (χ1) is 9.66. The van der Waals surface area contributed by atoms with E-state index in [1.807, 2.05) is 19.2 Å². The lowest BCUT2D eigenvalue weighted by atomic mass is 10.1. The van der Waals surface area contributed by atoms with Gasteiger partial charge < -0.3 is 0 Å². The fourth-order valence-corrected chi connectivity index (χ4v) is 4.48. The average molecular weight is 322 g/mol. The van der Waals surface area contributed by atoms with Crippen molar-refractivity contribution in [3.05, 3.63) is 51.7 Å². The third-order valence-electron chi connectivity index (χ3n) is 3.50. The van der Waals surface area contributed by atoms with E-state index in [0.29, 0.717) is 4.88 Å². The number of Topliss-reactive ketones (excluding diaryl/α,β-unsaturated/α-hetero) is 1. The summed E-state index contributed by atoms with van der Waals surface area (Å²) in [5.41, 5.74) is 1.94. The molecule has 0 fully saturated rings. The van der Waals surface area contributed by atoms with Crippen LogP contribution >= 0.6 is 11.3 Å². The Bertz CT molecular complexity index is 766. The van der Waals surface area contributed by atoms with Crippen molar-refractivity contribution in [1.29, 1.82) is 0 Å². The molecule has 2 rings (SSSR count). The molecule has 0 atom stereocenters. The normalized spacial score (nSPS) is 12.4. The van der Waals surface area contributed by atoms with Gasteiger partial charge in [-0.25, -0.2) is 8.42 Å². The van der Waals surface area contributed by atoms with E-state index in [1.54, 1.807) is 30.3 Å². The van der Waals surface area contributed by atoms with Crippen molar-refractivity contribution in [1.82, 2.24) is 0 Å². The maximum atomic E-state index is 12.8. The number of sulfone groups is 1. The zero-order valence-corrected chi connectivity index (χ0v) is 14.1. The Morgan fingerprint density at radius 1 is 1.05 bits per heavy atom. The SMILES string of the molecule is Cc1ccc(S(=O)(=O)C(C)(C)C(=O)c2cc(C)cs2)cc1. The quantitative estimate of drug-likeness (QED) is 0.805. The van der Waals surface area contributed by atoms with Gasteiger partial charge in [-0.05, 0) is 56.8 Å². The molecule has 5 heteroatoms. The summed E-state index contributed by atoms with van der Waals surface area (Å²) < 4.78 is 24.1. The summed E-state index contributed by atoms with van der Waals surface area (Å²) in [6.45, 7) is 6.72. The van der Waals surface area contributed by atoms with Gasteiger partial charge in [0, 0.05) is 0 Å². The van der Waals surface area contributed by atoms with E-state index in [2.05, 4.69) is 0 Å². The lowest BCUT2D eigenvalue weighted by Crippen LogP contribution is -2.40. The van der Waals surface area contributed by atoms with Gasteiger partial charge in [0.2, 0.25) is 0 Å². The van der Waals surface area contributed by atoms with Gasteiger partial charge >= 0.3 is 0 Å². The fourth-order valence-electron chi connectivity index (χ4n) is 1.98. The van der Waals surface area contributed by atoms with Crippen LogP contribution in [0.3, 0.4) is 0 Å². The van der Waals surface area contributed by atoms with Crippen molar-refractivity contribution < 1.29 is 13.2 Å². The van der Waals surface area contributed by atoms with Gasteiger partial charge in [-0.1, -0.05) is 17.7 Å². The molecule has 0 spiro atoms. The van der Waals surface area contributed by atoms with Gasteiger partial charge in [-0.2, -0.15) is 0 Å². The molecule has 0 saturated heterocycles. The van der Waals surface area contributed by atoms with Crippen molar-refractivity contribution in [3.8, 4) is 0 Å². The maximum absolute atomic E-state index is 12.8. The topological polar surface area (TPSA) is 51.2 Å². The van der Waals surface area contributed by atoms with Crippen LogP contribution < -0.4 is 0 Å². The number of ketones is 1. The van der Waals surface area contributed by atoms with Crippen LogP contribution in [0.25, 0.3) is 0 Å². The molecular formula is C16H18O3S2. The highest BCUT2D eigenvalue weighted by Gasteiger charge is 2.43. The lowest BCUT2D eigenvalue weighted by molar-refractivity contribution is 0.0957. The minimum atomic E-state index is -3.74. The number of hydrogen-bond donors (Lipinski definition) is 0. The van der Waals surface area contributed by atoms with Gasteiger partial charge in [0.1, 0.15) is 4.75 Å². The van der Waals surface area contributed by atoms with Crippen LogP contribution in [0.4, 0.5) is 0 Å². The van der Waals surface area contributed by atoms with Gasteiger partial charge in [0.05, 0.1) is 9.77 Å². The summed E-state index contributed by atoms with van der Waals surface area (Å²) in [6.07, 6.45) is 0. The molecule has 112 valence electrons. The Balaban J connectivity index is 2.46. The second kappa shape index (κ2) is 5.39. The average Bonchev–Trinajstić information content (AvgIpc) is 2.84. The summed E-state index contributed by atoms with van der Waals surface area (Å²) in [4.78, 5) is 13.3. The number of rotatable bonds is 4. The Morgan fingerprint density at radius 2 is 1.62 bits per heavy atom. The molecule has 0 amide bonds. The smallest absolute Gasteiger partial charge is 0.193 e. The molecule has 0 aliphatic heterocycles. The number of carbonyl (C=O) groups excluding carboxylic acids is 1. The van der Waals surface area contributed by atoms with E-state index in [-0.39, 0.29) is 10.7 Å². The molecule has 0 bridgehead atoms. The van der Waals surface area contributed by atoms with Crippen molar-refractivity contribution in [3.63, 3.8) is 0 Å². The van der Waals surface area contributed by atoms with E-state index in [4.69, 9.17) is 0 Å². The summed E-state index contributed by atoms with van der Waals surface area (Å²) in [7, 11) is -3.74. The zero-order chi connectivity index (χ0) is 15.8. The van der Waals surface area contributed by atoms with E-state index >= 15 is 0 Å². The zero-order valence-electron chi connectivity index (χ0n) is 12.5. The second-order valence-electron chi connectivity index (χ2n) is 5.64. The number of aryl methyl sites for hydroxylation is 2. The number of thiophene rings is 1. The highest BCUT2D eigenvalue weighted by Crippen LogP contribution is 2.31. The summed E-state index contributed by atoms with van der Waals surface area (Å²) in [5.74, 6) is -0.360. The predicted octanol–water partition coefficient (Wildman–Crippen LogP) is 3.80. The van der Waals surface area contributed by atoms with Gasteiger partial charge in [-0.3, -0.25) is 4.79 Å². The van der Waals surface area contributed by atoms with Crippen LogP contribution in [0.5, 0.6) is 0 Å². The monoisotopic (exact) mass is 322 g/mol. The van der Waals surface area contributed by atoms with E-state index in [0.717, 1.165) is 11.1 Å². The van der Waals surface area contributed by atoms with Crippen molar-refractivity contribution in [2.45, 2.75) is 37.3 Å². The van der Waals surface area contributed by atoms with E-state index in [1.165, 1.54) is 25.2 Å². The minimum absolute atomic E-state index is 0.180. The van der Waals surface area contributed by atoms with Crippen LogP contribution in [0.2, 0.25) is 0 Å². The van der Waals surface area contributed by atoms with Crippen LogP contribution in [0, 0.1) is 13.8 Å². The third kappa shape index (κ3) is 2.80. The molecule has 21 heavy (non-hydrogen) atoms. The van der Waals surface area contributed by atoms with E-state index < -0.39 is 14.6 Å². The summed E-state index contributed by atoms with van der Waals surface area (Å²) in [5, 5.41) is 1.85. The summed E-state index contributed by atoms with van der Waals surface area (Å²) in [6, 6.07) is 8.32. The molecule has 0 unspecified atom stereocenters. The number of carbonyl (C=O) groups is 1. The highest BCUT2D eigenvalue weighted by atomic mass is 32.2. The molecule has 1 heterocycles. The first-order valence-electron chi connectivity index (χ1n) is 6.57. The van der Waals surface area contributed by atoms with Gasteiger partial charge in [0.15, 0.2) is 15.6 Å². The van der Waals surface area contributed by atoms with Crippen LogP contribution in [0.1, 0.15) is 34.6 Å².